The van der Waals surface area contributed by atoms with Crippen molar-refractivity contribution in [3.8, 4) is 0 Å². The lowest BCUT2D eigenvalue weighted by Gasteiger charge is -2.09. The molecule has 0 amide bonds. The number of nitro benzene ring substituents is 1. The number of anilines is 1. The molecule has 0 unspecified atom stereocenters. The summed E-state index contributed by atoms with van der Waals surface area (Å²) < 4.78 is 1.76. The summed E-state index contributed by atoms with van der Waals surface area (Å²) >= 11 is 0. The highest BCUT2D eigenvalue weighted by atomic mass is 16.6. The highest BCUT2D eigenvalue weighted by Crippen LogP contribution is 2.28. The van der Waals surface area contributed by atoms with Gasteiger partial charge < -0.3 is 5.32 Å². The summed E-state index contributed by atoms with van der Waals surface area (Å²) in [6, 6.07) is 6.93. The van der Waals surface area contributed by atoms with Gasteiger partial charge in [-0.15, -0.1) is 0 Å². The second-order valence-corrected chi connectivity index (χ2v) is 3.97. The molecule has 0 aliphatic rings. The van der Waals surface area contributed by atoms with Crippen molar-refractivity contribution in [1.29, 1.82) is 0 Å². The van der Waals surface area contributed by atoms with Crippen LogP contribution in [0.5, 0.6) is 0 Å². The Hall–Kier alpha value is -2.37. The van der Waals surface area contributed by atoms with Crippen molar-refractivity contribution in [2.45, 2.75) is 13.5 Å². The van der Waals surface area contributed by atoms with Gasteiger partial charge in [0, 0.05) is 24.9 Å². The van der Waals surface area contributed by atoms with Gasteiger partial charge in [-0.2, -0.15) is 5.10 Å². The first-order chi connectivity index (χ1) is 8.61. The number of hydrogen-bond acceptors (Lipinski definition) is 4. The van der Waals surface area contributed by atoms with E-state index >= 15 is 0 Å². The van der Waals surface area contributed by atoms with Crippen LogP contribution in [0.25, 0.3) is 0 Å². The Labute approximate surface area is 104 Å². The van der Waals surface area contributed by atoms with Crippen molar-refractivity contribution in [2.75, 3.05) is 12.4 Å². The standard InChI is InChI=1S/C12H14N4O2/c1-9-6-7-15(14-9)8-10-4-3-5-11(16(17)18)12(10)13-2/h3-7,13H,8H2,1-2H3. The van der Waals surface area contributed by atoms with Gasteiger partial charge in [-0.25, -0.2) is 0 Å². The summed E-state index contributed by atoms with van der Waals surface area (Å²) in [5.41, 5.74) is 2.38. The van der Waals surface area contributed by atoms with Gasteiger partial charge in [0.05, 0.1) is 17.2 Å². The van der Waals surface area contributed by atoms with Crippen LogP contribution in [-0.4, -0.2) is 21.8 Å². The molecule has 1 aromatic heterocycles. The van der Waals surface area contributed by atoms with Gasteiger partial charge in [0.25, 0.3) is 5.69 Å². The Kier molecular flexibility index (Phi) is 3.27. The molecule has 2 rings (SSSR count). The minimum Gasteiger partial charge on any atom is -0.382 e. The lowest BCUT2D eigenvalue weighted by molar-refractivity contribution is -0.384. The van der Waals surface area contributed by atoms with Gasteiger partial charge in [0.1, 0.15) is 5.69 Å². The number of para-hydroxylation sites is 1. The normalized spacial score (nSPS) is 10.3. The molecule has 94 valence electrons. The van der Waals surface area contributed by atoms with Crippen molar-refractivity contribution in [3.63, 3.8) is 0 Å². The van der Waals surface area contributed by atoms with Crippen molar-refractivity contribution in [3.05, 3.63) is 51.8 Å². The number of rotatable bonds is 4. The van der Waals surface area contributed by atoms with E-state index in [1.54, 1.807) is 17.8 Å². The fourth-order valence-corrected chi connectivity index (χ4v) is 1.88. The van der Waals surface area contributed by atoms with Gasteiger partial charge in [-0.1, -0.05) is 12.1 Å². The molecule has 0 atom stereocenters. The van der Waals surface area contributed by atoms with Crippen LogP contribution in [0.15, 0.2) is 30.5 Å². The van der Waals surface area contributed by atoms with E-state index in [4.69, 9.17) is 0 Å². The molecule has 6 heteroatoms. The Morgan fingerprint density at radius 1 is 1.44 bits per heavy atom. The smallest absolute Gasteiger partial charge is 0.292 e. The van der Waals surface area contributed by atoms with E-state index in [9.17, 15) is 10.1 Å². The largest absolute Gasteiger partial charge is 0.382 e. The number of benzene rings is 1. The van der Waals surface area contributed by atoms with Crippen LogP contribution in [0.2, 0.25) is 0 Å². The van der Waals surface area contributed by atoms with E-state index in [0.29, 0.717) is 12.2 Å². The van der Waals surface area contributed by atoms with E-state index in [2.05, 4.69) is 10.4 Å². The van der Waals surface area contributed by atoms with Gasteiger partial charge >= 0.3 is 0 Å². The molecule has 1 aromatic carbocycles. The molecule has 1 N–H and O–H groups in total. The third kappa shape index (κ3) is 2.32. The minimum absolute atomic E-state index is 0.0823. The average Bonchev–Trinajstić information content (AvgIpc) is 2.74. The van der Waals surface area contributed by atoms with Crippen molar-refractivity contribution in [1.82, 2.24) is 9.78 Å². The van der Waals surface area contributed by atoms with E-state index in [1.165, 1.54) is 6.07 Å². The van der Waals surface area contributed by atoms with E-state index in [0.717, 1.165) is 11.3 Å². The number of aromatic nitrogens is 2. The summed E-state index contributed by atoms with van der Waals surface area (Å²) in [5.74, 6) is 0. The summed E-state index contributed by atoms with van der Waals surface area (Å²) in [4.78, 5) is 10.5. The van der Waals surface area contributed by atoms with Crippen LogP contribution in [0.4, 0.5) is 11.4 Å². The fraction of sp³-hybridized carbons (Fsp3) is 0.250. The molecule has 0 bridgehead atoms. The number of aryl methyl sites for hydroxylation is 1. The monoisotopic (exact) mass is 246 g/mol. The summed E-state index contributed by atoms with van der Waals surface area (Å²) in [6.45, 7) is 2.41. The maximum Gasteiger partial charge on any atom is 0.292 e. The summed E-state index contributed by atoms with van der Waals surface area (Å²) in [7, 11) is 1.68. The van der Waals surface area contributed by atoms with E-state index in [-0.39, 0.29) is 10.6 Å². The molecule has 0 aliphatic carbocycles. The number of nitro groups is 1. The molecule has 0 radical (unpaired) electrons. The predicted molar refractivity (Wildman–Crippen MR) is 68.7 cm³/mol. The molecule has 2 aromatic rings. The Balaban J connectivity index is 2.38. The topological polar surface area (TPSA) is 73.0 Å². The summed E-state index contributed by atoms with van der Waals surface area (Å²) in [6.07, 6.45) is 1.85. The van der Waals surface area contributed by atoms with E-state index < -0.39 is 0 Å². The van der Waals surface area contributed by atoms with Crippen LogP contribution in [0.1, 0.15) is 11.3 Å². The zero-order chi connectivity index (χ0) is 13.1. The van der Waals surface area contributed by atoms with Crippen molar-refractivity contribution in [2.24, 2.45) is 0 Å². The van der Waals surface area contributed by atoms with Crippen LogP contribution in [0.3, 0.4) is 0 Å². The maximum atomic E-state index is 10.9. The fourth-order valence-electron chi connectivity index (χ4n) is 1.88. The van der Waals surface area contributed by atoms with E-state index in [1.807, 2.05) is 25.3 Å². The van der Waals surface area contributed by atoms with Gasteiger partial charge in [-0.05, 0) is 13.0 Å². The van der Waals surface area contributed by atoms with Crippen LogP contribution >= 0.6 is 0 Å². The quantitative estimate of drug-likeness (QED) is 0.663. The third-order valence-electron chi connectivity index (χ3n) is 2.68. The highest BCUT2D eigenvalue weighted by Gasteiger charge is 2.16. The Bertz CT molecular complexity index is 577. The molecule has 18 heavy (non-hydrogen) atoms. The second-order valence-electron chi connectivity index (χ2n) is 3.97. The SMILES string of the molecule is CNc1c(Cn2ccc(C)n2)cccc1[N+](=O)[O-]. The Morgan fingerprint density at radius 3 is 2.78 bits per heavy atom. The molecule has 0 fully saturated rings. The second kappa shape index (κ2) is 4.87. The van der Waals surface area contributed by atoms with Crippen LogP contribution < -0.4 is 5.32 Å². The molecule has 0 saturated carbocycles. The van der Waals surface area contributed by atoms with Gasteiger partial charge in [0.2, 0.25) is 0 Å². The zero-order valence-electron chi connectivity index (χ0n) is 10.3. The molecular weight excluding hydrogens is 232 g/mol. The molecule has 6 nitrogen and oxygen atoms in total. The van der Waals surface area contributed by atoms with Crippen molar-refractivity contribution >= 4 is 11.4 Å². The average molecular weight is 246 g/mol. The number of hydrogen-bond donors (Lipinski definition) is 1. The maximum absolute atomic E-state index is 10.9. The number of nitrogens with zero attached hydrogens (tertiary/aromatic N) is 3. The first-order valence-corrected chi connectivity index (χ1v) is 5.56. The first-order valence-electron chi connectivity index (χ1n) is 5.56. The molecule has 0 spiro atoms. The third-order valence-corrected chi connectivity index (χ3v) is 2.68. The molecule has 0 saturated heterocycles. The van der Waals surface area contributed by atoms with Crippen LogP contribution in [0, 0.1) is 17.0 Å². The van der Waals surface area contributed by atoms with Gasteiger partial charge in [0.15, 0.2) is 0 Å². The number of nitrogens with one attached hydrogen (secondary N) is 1. The first kappa shape index (κ1) is 12.1. The highest BCUT2D eigenvalue weighted by molar-refractivity contribution is 5.66. The predicted octanol–water partition coefficient (Wildman–Crippen LogP) is 2.19. The molecule has 0 aliphatic heterocycles. The lowest BCUT2D eigenvalue weighted by Crippen LogP contribution is -2.06. The van der Waals surface area contributed by atoms with Crippen LogP contribution in [-0.2, 0) is 6.54 Å². The molecule has 1 heterocycles. The molecular formula is C12H14N4O2. The summed E-state index contributed by atoms with van der Waals surface area (Å²) in [5, 5.41) is 18.1. The zero-order valence-corrected chi connectivity index (χ0v) is 10.3. The Morgan fingerprint density at radius 2 is 2.22 bits per heavy atom. The van der Waals surface area contributed by atoms with Gasteiger partial charge in [-0.3, -0.25) is 14.8 Å². The van der Waals surface area contributed by atoms with Crippen molar-refractivity contribution < 1.29 is 4.92 Å². The minimum atomic E-state index is -0.385. The lowest BCUT2D eigenvalue weighted by atomic mass is 10.1.